The van der Waals surface area contributed by atoms with Crippen molar-refractivity contribution in [1.29, 1.82) is 0 Å². The van der Waals surface area contributed by atoms with Gasteiger partial charge in [-0.25, -0.2) is 4.79 Å². The number of thiophene rings is 1. The van der Waals surface area contributed by atoms with Crippen molar-refractivity contribution in [3.8, 4) is 11.5 Å². The lowest BCUT2D eigenvalue weighted by Crippen LogP contribution is -2.02. The minimum atomic E-state index is -1.38. The van der Waals surface area contributed by atoms with E-state index in [9.17, 15) is 19.8 Å². The molecule has 0 saturated carbocycles. The van der Waals surface area contributed by atoms with Gasteiger partial charge >= 0.3 is 5.97 Å². The van der Waals surface area contributed by atoms with E-state index in [4.69, 9.17) is 5.11 Å². The number of benzene rings is 1. The number of phenols is 2. The predicted octanol–water partition coefficient (Wildman–Crippen LogP) is 2.75. The van der Waals surface area contributed by atoms with Crippen molar-refractivity contribution in [3.05, 3.63) is 51.7 Å². The molecule has 0 amide bonds. The molecule has 0 fully saturated rings. The van der Waals surface area contributed by atoms with Gasteiger partial charge in [-0.2, -0.15) is 0 Å². The molecule has 0 spiro atoms. The van der Waals surface area contributed by atoms with E-state index < -0.39 is 28.8 Å². The third-order valence-electron chi connectivity index (χ3n) is 2.55. The molecule has 6 heteroatoms. The van der Waals surface area contributed by atoms with Gasteiger partial charge in [0.1, 0.15) is 17.1 Å². The van der Waals surface area contributed by atoms with Gasteiger partial charge in [0.05, 0.1) is 5.56 Å². The third-order valence-corrected chi connectivity index (χ3v) is 3.39. The molecule has 0 bridgehead atoms. The summed E-state index contributed by atoms with van der Waals surface area (Å²) in [6, 6.07) is 5.44. The van der Waals surface area contributed by atoms with Crippen LogP contribution >= 0.6 is 11.3 Å². The van der Waals surface area contributed by atoms with Crippen LogP contribution in [0.1, 0.15) is 25.6 Å². The van der Waals surface area contributed by atoms with Crippen LogP contribution in [0.4, 0.5) is 0 Å². The Bertz CT molecular complexity index is 686. The zero-order valence-corrected chi connectivity index (χ0v) is 10.9. The maximum absolute atomic E-state index is 11.9. The summed E-state index contributed by atoms with van der Waals surface area (Å²) in [5.74, 6) is -2.97. The van der Waals surface area contributed by atoms with Crippen molar-refractivity contribution in [2.45, 2.75) is 0 Å². The fourth-order valence-electron chi connectivity index (χ4n) is 1.58. The minimum Gasteiger partial charge on any atom is -0.507 e. The van der Waals surface area contributed by atoms with E-state index in [2.05, 4.69) is 0 Å². The molecule has 0 radical (unpaired) electrons. The van der Waals surface area contributed by atoms with Gasteiger partial charge in [-0.05, 0) is 29.7 Å². The Labute approximate surface area is 118 Å². The highest BCUT2D eigenvalue weighted by Crippen LogP contribution is 2.28. The fraction of sp³-hybridized carbons (Fsp3) is 0. The number of allylic oxidation sites excluding steroid dienone is 1. The van der Waals surface area contributed by atoms with Crippen LogP contribution in [0.5, 0.6) is 11.5 Å². The highest BCUT2D eigenvalue weighted by atomic mass is 32.1. The number of aromatic hydroxyl groups is 2. The number of aromatic carboxylic acids is 1. The number of rotatable bonds is 4. The van der Waals surface area contributed by atoms with Crippen LogP contribution in [0.25, 0.3) is 6.08 Å². The number of carboxylic acid groups (broad SMARTS) is 1. The summed E-state index contributed by atoms with van der Waals surface area (Å²) in [4.78, 5) is 23.7. The molecular formula is C14H10O5S. The standard InChI is InChI=1S/C14H10O5S/c15-11(4-3-8-2-1-5-20-8)9-6-10(14(18)19)13(17)7-12(9)16/h1-7,16-17H,(H,18,19)/b4-3+. The first-order chi connectivity index (χ1) is 9.49. The maximum atomic E-state index is 11.9. The second-order valence-corrected chi connectivity index (χ2v) is 4.88. The Morgan fingerprint density at radius 2 is 1.80 bits per heavy atom. The number of phenolic OH excluding ortho intramolecular Hbond substituents is 1. The molecule has 1 heterocycles. The summed E-state index contributed by atoms with van der Waals surface area (Å²) >= 11 is 1.44. The number of hydrogen-bond acceptors (Lipinski definition) is 5. The smallest absolute Gasteiger partial charge is 0.339 e. The van der Waals surface area contributed by atoms with Crippen molar-refractivity contribution in [1.82, 2.24) is 0 Å². The average molecular weight is 290 g/mol. The quantitative estimate of drug-likeness (QED) is 0.594. The minimum absolute atomic E-state index is 0.173. The van der Waals surface area contributed by atoms with Crippen LogP contribution in [-0.4, -0.2) is 27.1 Å². The fourth-order valence-corrected chi connectivity index (χ4v) is 2.20. The van der Waals surface area contributed by atoms with E-state index in [1.54, 1.807) is 6.08 Å². The summed E-state index contributed by atoms with van der Waals surface area (Å²) in [5, 5.41) is 29.7. The van der Waals surface area contributed by atoms with E-state index >= 15 is 0 Å². The number of carboxylic acids is 1. The molecule has 0 atom stereocenters. The van der Waals surface area contributed by atoms with Gasteiger partial charge in [-0.3, -0.25) is 4.79 Å². The van der Waals surface area contributed by atoms with Gasteiger partial charge in [0.2, 0.25) is 0 Å². The second-order valence-electron chi connectivity index (χ2n) is 3.90. The van der Waals surface area contributed by atoms with Gasteiger partial charge in [-0.1, -0.05) is 6.07 Å². The van der Waals surface area contributed by atoms with E-state index in [1.807, 2.05) is 17.5 Å². The van der Waals surface area contributed by atoms with Crippen LogP contribution in [0.15, 0.2) is 35.7 Å². The molecule has 5 nitrogen and oxygen atoms in total. The zero-order chi connectivity index (χ0) is 14.7. The Hall–Kier alpha value is -2.60. The van der Waals surface area contributed by atoms with E-state index in [0.717, 1.165) is 17.0 Å². The van der Waals surface area contributed by atoms with Crippen LogP contribution in [0.3, 0.4) is 0 Å². The molecule has 2 rings (SSSR count). The lowest BCUT2D eigenvalue weighted by molar-refractivity contribution is 0.0693. The molecule has 1 aromatic heterocycles. The molecule has 20 heavy (non-hydrogen) atoms. The van der Waals surface area contributed by atoms with Crippen molar-refractivity contribution in [3.63, 3.8) is 0 Å². The van der Waals surface area contributed by atoms with Crippen molar-refractivity contribution >= 4 is 29.2 Å². The van der Waals surface area contributed by atoms with Gasteiger partial charge in [0.25, 0.3) is 0 Å². The summed E-state index contributed by atoms with van der Waals surface area (Å²) in [7, 11) is 0. The highest BCUT2D eigenvalue weighted by Gasteiger charge is 2.17. The first-order valence-electron chi connectivity index (χ1n) is 5.54. The molecular weight excluding hydrogens is 280 g/mol. The lowest BCUT2D eigenvalue weighted by Gasteiger charge is -2.05. The van der Waals surface area contributed by atoms with Crippen LogP contribution in [0.2, 0.25) is 0 Å². The van der Waals surface area contributed by atoms with Gasteiger partial charge < -0.3 is 15.3 Å². The monoisotopic (exact) mass is 290 g/mol. The van der Waals surface area contributed by atoms with Crippen molar-refractivity contribution in [2.24, 2.45) is 0 Å². The molecule has 3 N–H and O–H groups in total. The number of hydrogen-bond donors (Lipinski definition) is 3. The number of carbonyl (C=O) groups is 2. The molecule has 102 valence electrons. The Kier molecular flexibility index (Phi) is 3.86. The predicted molar refractivity (Wildman–Crippen MR) is 74.4 cm³/mol. The van der Waals surface area contributed by atoms with E-state index in [0.29, 0.717) is 0 Å². The Morgan fingerprint density at radius 3 is 2.40 bits per heavy atom. The second kappa shape index (κ2) is 5.58. The summed E-state index contributed by atoms with van der Waals surface area (Å²) in [6.07, 6.45) is 2.81. The maximum Gasteiger partial charge on any atom is 0.339 e. The van der Waals surface area contributed by atoms with Crippen molar-refractivity contribution in [2.75, 3.05) is 0 Å². The van der Waals surface area contributed by atoms with Gasteiger partial charge in [0.15, 0.2) is 5.78 Å². The average Bonchev–Trinajstić information content (AvgIpc) is 2.88. The van der Waals surface area contributed by atoms with Gasteiger partial charge in [0, 0.05) is 10.9 Å². The van der Waals surface area contributed by atoms with Crippen molar-refractivity contribution < 1.29 is 24.9 Å². The number of ketones is 1. The zero-order valence-electron chi connectivity index (χ0n) is 10.1. The molecule has 0 saturated heterocycles. The lowest BCUT2D eigenvalue weighted by atomic mass is 10.0. The molecule has 0 aliphatic carbocycles. The molecule has 2 aromatic rings. The number of carbonyl (C=O) groups excluding carboxylic acids is 1. The Balaban J connectivity index is 2.34. The highest BCUT2D eigenvalue weighted by molar-refractivity contribution is 7.10. The molecule has 1 aromatic carbocycles. The molecule has 0 aliphatic rings. The van der Waals surface area contributed by atoms with E-state index in [-0.39, 0.29) is 5.56 Å². The summed E-state index contributed by atoms with van der Waals surface area (Å²) < 4.78 is 0. The first-order valence-corrected chi connectivity index (χ1v) is 6.42. The van der Waals surface area contributed by atoms with Gasteiger partial charge in [-0.15, -0.1) is 11.3 Å². The Morgan fingerprint density at radius 1 is 1.10 bits per heavy atom. The van der Waals surface area contributed by atoms with Crippen LogP contribution < -0.4 is 0 Å². The normalized spacial score (nSPS) is 10.8. The van der Waals surface area contributed by atoms with Crippen LogP contribution in [-0.2, 0) is 0 Å². The first kappa shape index (κ1) is 13.8. The molecule has 0 unspecified atom stereocenters. The SMILES string of the molecule is O=C(O)c1cc(C(=O)/C=C/c2cccs2)c(O)cc1O. The van der Waals surface area contributed by atoms with E-state index in [1.165, 1.54) is 17.4 Å². The third kappa shape index (κ3) is 2.86. The largest absolute Gasteiger partial charge is 0.507 e. The summed E-state index contributed by atoms with van der Waals surface area (Å²) in [6.45, 7) is 0. The molecule has 0 aliphatic heterocycles. The topological polar surface area (TPSA) is 94.8 Å². The van der Waals surface area contributed by atoms with Crippen LogP contribution in [0, 0.1) is 0 Å². The summed E-state index contributed by atoms with van der Waals surface area (Å²) in [5.41, 5.74) is -0.608.